The van der Waals surface area contributed by atoms with Gasteiger partial charge in [-0.3, -0.25) is 9.69 Å². The first kappa shape index (κ1) is 25.5. The van der Waals surface area contributed by atoms with Gasteiger partial charge in [-0.2, -0.15) is 0 Å². The van der Waals surface area contributed by atoms with Crippen LogP contribution in [0, 0.1) is 17.6 Å². The van der Waals surface area contributed by atoms with Gasteiger partial charge in [0.2, 0.25) is 0 Å². The number of hydrogen-bond donors (Lipinski definition) is 3. The molecule has 0 aromatic heterocycles. The number of primary amides is 1. The number of hydrogen-bond acceptors (Lipinski definition) is 6. The van der Waals surface area contributed by atoms with Gasteiger partial charge in [-0.1, -0.05) is 17.7 Å². The van der Waals surface area contributed by atoms with Gasteiger partial charge >= 0.3 is 6.09 Å². The zero-order valence-electron chi connectivity index (χ0n) is 18.7. The van der Waals surface area contributed by atoms with Crippen LogP contribution in [0.25, 0.3) is 0 Å². The minimum atomic E-state index is -0.975. The second-order valence-corrected chi connectivity index (χ2v) is 8.49. The molecule has 1 aliphatic rings. The molecule has 1 aliphatic heterocycles. The lowest BCUT2D eigenvalue weighted by Crippen LogP contribution is -2.42. The summed E-state index contributed by atoms with van der Waals surface area (Å²) in [5.74, 6) is -1.73. The van der Waals surface area contributed by atoms with E-state index in [9.17, 15) is 18.4 Å². The maximum Gasteiger partial charge on any atom is 0.404 e. The van der Waals surface area contributed by atoms with Crippen molar-refractivity contribution in [1.29, 1.82) is 0 Å². The van der Waals surface area contributed by atoms with Gasteiger partial charge in [0.25, 0.3) is 5.91 Å². The van der Waals surface area contributed by atoms with E-state index < -0.39 is 23.8 Å². The Balaban J connectivity index is 1.60. The summed E-state index contributed by atoms with van der Waals surface area (Å²) in [6.45, 7) is 1.55. The highest BCUT2D eigenvalue weighted by molar-refractivity contribution is 6.33. The average molecular weight is 497 g/mol. The van der Waals surface area contributed by atoms with Crippen LogP contribution in [0.5, 0.6) is 5.75 Å². The van der Waals surface area contributed by atoms with Gasteiger partial charge in [0, 0.05) is 12.6 Å². The number of likely N-dealkylation sites (tertiary alicyclic amines) is 1. The highest BCUT2D eigenvalue weighted by atomic mass is 35.5. The van der Waals surface area contributed by atoms with Crippen LogP contribution in [0.1, 0.15) is 34.8 Å². The molecule has 5 N–H and O–H groups in total. The van der Waals surface area contributed by atoms with E-state index in [4.69, 9.17) is 32.5 Å². The van der Waals surface area contributed by atoms with E-state index in [1.54, 1.807) is 0 Å². The fraction of sp³-hybridized carbons (Fsp3) is 0.391. The third-order valence-corrected chi connectivity index (χ3v) is 6.24. The van der Waals surface area contributed by atoms with Crippen molar-refractivity contribution in [3.05, 3.63) is 58.1 Å². The maximum atomic E-state index is 13.8. The van der Waals surface area contributed by atoms with Crippen molar-refractivity contribution in [2.24, 2.45) is 11.7 Å². The molecule has 0 bridgehead atoms. The number of rotatable bonds is 8. The van der Waals surface area contributed by atoms with E-state index in [1.165, 1.54) is 25.3 Å². The van der Waals surface area contributed by atoms with Crippen molar-refractivity contribution in [3.63, 3.8) is 0 Å². The maximum absolute atomic E-state index is 13.8. The highest BCUT2D eigenvalue weighted by Crippen LogP contribution is 2.30. The summed E-state index contributed by atoms with van der Waals surface area (Å²) in [6, 6.07) is 6.11. The normalized spacial score (nSPS) is 15.5. The fourth-order valence-electron chi connectivity index (χ4n) is 4.01. The van der Waals surface area contributed by atoms with Gasteiger partial charge in [0.15, 0.2) is 11.6 Å². The molecule has 184 valence electrons. The predicted molar refractivity (Wildman–Crippen MR) is 124 cm³/mol. The molecule has 8 nitrogen and oxygen atoms in total. The summed E-state index contributed by atoms with van der Waals surface area (Å²) >= 11 is 6.05. The molecule has 11 heteroatoms. The van der Waals surface area contributed by atoms with Crippen LogP contribution in [0.2, 0.25) is 5.02 Å². The smallest absolute Gasteiger partial charge is 0.404 e. The number of nitrogen functional groups attached to an aromatic ring is 1. The number of amides is 2. The summed E-state index contributed by atoms with van der Waals surface area (Å²) in [5.41, 5.74) is 12.0. The minimum absolute atomic E-state index is 0.0838. The van der Waals surface area contributed by atoms with Crippen LogP contribution < -0.4 is 21.5 Å². The van der Waals surface area contributed by atoms with Crippen molar-refractivity contribution in [2.45, 2.75) is 18.9 Å². The summed E-state index contributed by atoms with van der Waals surface area (Å²) in [7, 11) is 1.44. The first-order chi connectivity index (χ1) is 16.2. The molecule has 1 heterocycles. The topological polar surface area (TPSA) is 120 Å². The molecular weight excluding hydrogens is 470 g/mol. The Hall–Kier alpha value is -3.11. The van der Waals surface area contributed by atoms with E-state index in [-0.39, 0.29) is 23.5 Å². The second-order valence-electron chi connectivity index (χ2n) is 8.08. The number of nitrogens with zero attached hydrogens (tertiary/aromatic N) is 1. The summed E-state index contributed by atoms with van der Waals surface area (Å²) in [4.78, 5) is 25.8. The molecular formula is C23H27ClF2N4O4. The molecule has 2 amide bonds. The summed E-state index contributed by atoms with van der Waals surface area (Å²) in [6.07, 6.45) is 0.524. The van der Waals surface area contributed by atoms with Crippen molar-refractivity contribution in [3.8, 4) is 5.75 Å². The van der Waals surface area contributed by atoms with E-state index in [2.05, 4.69) is 5.32 Å². The lowest BCUT2D eigenvalue weighted by atomic mass is 9.94. The van der Waals surface area contributed by atoms with E-state index in [0.29, 0.717) is 42.2 Å². The zero-order chi connectivity index (χ0) is 24.8. The SMILES string of the molecule is COc1cc(N)c(Cl)cc1C(=O)NCC1CCN(C(COC(N)=O)c2ccc(F)c(F)c2)CC1. The number of methoxy groups -OCH3 is 1. The van der Waals surface area contributed by atoms with Crippen LogP contribution in [-0.2, 0) is 4.74 Å². The molecule has 0 spiro atoms. The van der Waals surface area contributed by atoms with Crippen LogP contribution >= 0.6 is 11.6 Å². The lowest BCUT2D eigenvalue weighted by Gasteiger charge is -2.37. The number of ether oxygens (including phenoxy) is 2. The number of carbonyl (C=O) groups is 2. The number of nitrogens with two attached hydrogens (primary N) is 2. The van der Waals surface area contributed by atoms with Gasteiger partial charge in [-0.15, -0.1) is 0 Å². The lowest BCUT2D eigenvalue weighted by molar-refractivity contribution is 0.0698. The third-order valence-electron chi connectivity index (χ3n) is 5.92. The second kappa shape index (κ2) is 11.3. The Morgan fingerprint density at radius 2 is 1.91 bits per heavy atom. The molecule has 1 saturated heterocycles. The molecule has 3 rings (SSSR count). The summed E-state index contributed by atoms with van der Waals surface area (Å²) < 4.78 is 37.4. The first-order valence-electron chi connectivity index (χ1n) is 10.7. The van der Waals surface area contributed by atoms with Crippen LogP contribution in [0.3, 0.4) is 0 Å². The average Bonchev–Trinajstić information content (AvgIpc) is 2.81. The van der Waals surface area contributed by atoms with Crippen molar-refractivity contribution >= 4 is 29.3 Å². The Labute approximate surface area is 201 Å². The van der Waals surface area contributed by atoms with E-state index >= 15 is 0 Å². The number of piperidine rings is 1. The zero-order valence-corrected chi connectivity index (χ0v) is 19.4. The fourth-order valence-corrected chi connectivity index (χ4v) is 4.17. The van der Waals surface area contributed by atoms with Crippen LogP contribution in [0.4, 0.5) is 19.3 Å². The number of benzene rings is 2. The molecule has 0 saturated carbocycles. The van der Waals surface area contributed by atoms with Gasteiger partial charge < -0.3 is 26.3 Å². The van der Waals surface area contributed by atoms with Gasteiger partial charge in [-0.25, -0.2) is 13.6 Å². The van der Waals surface area contributed by atoms with Crippen LogP contribution in [0.15, 0.2) is 30.3 Å². The monoisotopic (exact) mass is 496 g/mol. The Kier molecular flexibility index (Phi) is 8.51. The molecule has 1 unspecified atom stereocenters. The molecule has 1 fully saturated rings. The number of anilines is 1. The van der Waals surface area contributed by atoms with E-state index in [1.807, 2.05) is 4.90 Å². The molecule has 34 heavy (non-hydrogen) atoms. The predicted octanol–water partition coefficient (Wildman–Crippen LogP) is 3.49. The summed E-state index contributed by atoms with van der Waals surface area (Å²) in [5, 5.41) is 3.17. The van der Waals surface area contributed by atoms with E-state index in [0.717, 1.165) is 25.0 Å². The van der Waals surface area contributed by atoms with Gasteiger partial charge in [0.1, 0.15) is 12.4 Å². The largest absolute Gasteiger partial charge is 0.496 e. The van der Waals surface area contributed by atoms with Crippen molar-refractivity contribution in [1.82, 2.24) is 10.2 Å². The van der Waals surface area contributed by atoms with Crippen LogP contribution in [-0.4, -0.2) is 50.3 Å². The minimum Gasteiger partial charge on any atom is -0.496 e. The quantitative estimate of drug-likeness (QED) is 0.481. The van der Waals surface area contributed by atoms with Crippen molar-refractivity contribution < 1.29 is 27.8 Å². The molecule has 2 aromatic rings. The standard InChI is InChI=1S/C23H27ClF2N4O4/c1-33-21-10-19(27)16(24)9-15(21)22(31)29-11-13-4-6-30(7-5-13)20(12-34-23(28)32)14-2-3-17(25)18(26)8-14/h2-3,8-10,13,20H,4-7,11-12,27H2,1H3,(H2,28,32)(H,29,31). The van der Waals surface area contributed by atoms with Crippen molar-refractivity contribution in [2.75, 3.05) is 39.1 Å². The third kappa shape index (κ3) is 6.27. The number of carbonyl (C=O) groups excluding carboxylic acids is 2. The van der Waals surface area contributed by atoms with Gasteiger partial charge in [-0.05, 0) is 55.6 Å². The molecule has 0 radical (unpaired) electrons. The Morgan fingerprint density at radius 3 is 2.53 bits per heavy atom. The Morgan fingerprint density at radius 1 is 1.21 bits per heavy atom. The molecule has 2 aromatic carbocycles. The van der Waals surface area contributed by atoms with Gasteiger partial charge in [0.05, 0.1) is 29.4 Å². The Bertz CT molecular complexity index is 1050. The highest BCUT2D eigenvalue weighted by Gasteiger charge is 2.28. The number of nitrogens with one attached hydrogen (secondary N) is 1. The molecule has 0 aliphatic carbocycles. The molecule has 1 atom stereocenters. The first-order valence-corrected chi connectivity index (χ1v) is 11.1. The number of halogens is 3.